The van der Waals surface area contributed by atoms with Crippen LogP contribution in [0.4, 0.5) is 0 Å². The van der Waals surface area contributed by atoms with Crippen molar-refractivity contribution < 1.29 is 23.9 Å². The van der Waals surface area contributed by atoms with Crippen molar-refractivity contribution in [3.63, 3.8) is 0 Å². The van der Waals surface area contributed by atoms with Gasteiger partial charge in [-0.25, -0.2) is 4.79 Å². The van der Waals surface area contributed by atoms with Crippen LogP contribution in [0.15, 0.2) is 0 Å². The van der Waals surface area contributed by atoms with Crippen LogP contribution < -0.4 is 5.32 Å². The average Bonchev–Trinajstić information content (AvgIpc) is 2.95. The van der Waals surface area contributed by atoms with E-state index in [2.05, 4.69) is 10.1 Å². The first-order valence-electron chi connectivity index (χ1n) is 6.60. The number of ketones is 1. The minimum absolute atomic E-state index is 0.0558. The van der Waals surface area contributed by atoms with E-state index in [4.69, 9.17) is 4.74 Å². The third-order valence-electron chi connectivity index (χ3n) is 3.13. The van der Waals surface area contributed by atoms with Crippen LogP contribution in [-0.2, 0) is 23.9 Å². The standard InChI is InChI=1S/C13H21NO5/c1-3-9(15)6-7-10(13(17)18-2)14-12(16)11-5-4-8-19-11/h10-11H,3-8H2,1-2H3,(H,14,16)/t10-,11+/m1/s1. The smallest absolute Gasteiger partial charge is 0.328 e. The number of hydrogen-bond acceptors (Lipinski definition) is 5. The zero-order valence-corrected chi connectivity index (χ0v) is 11.4. The van der Waals surface area contributed by atoms with Crippen LogP contribution in [0.5, 0.6) is 0 Å². The molecule has 108 valence electrons. The third kappa shape index (κ3) is 4.98. The van der Waals surface area contributed by atoms with E-state index in [1.54, 1.807) is 6.92 Å². The molecule has 19 heavy (non-hydrogen) atoms. The Morgan fingerprint density at radius 1 is 1.42 bits per heavy atom. The van der Waals surface area contributed by atoms with Crippen LogP contribution in [-0.4, -0.2) is 43.5 Å². The Morgan fingerprint density at radius 3 is 2.68 bits per heavy atom. The van der Waals surface area contributed by atoms with E-state index in [0.29, 0.717) is 19.4 Å². The maximum atomic E-state index is 11.9. The molecular formula is C13H21NO5. The summed E-state index contributed by atoms with van der Waals surface area (Å²) in [5.41, 5.74) is 0. The predicted molar refractivity (Wildman–Crippen MR) is 67.5 cm³/mol. The van der Waals surface area contributed by atoms with E-state index in [1.165, 1.54) is 7.11 Å². The molecule has 1 amide bonds. The number of carbonyl (C=O) groups is 3. The predicted octanol–water partition coefficient (Wildman–Crippen LogP) is 0.583. The van der Waals surface area contributed by atoms with Crippen LogP contribution in [0.2, 0.25) is 0 Å². The van der Waals surface area contributed by atoms with Crippen LogP contribution in [0, 0.1) is 0 Å². The van der Waals surface area contributed by atoms with E-state index in [1.807, 2.05) is 0 Å². The number of ether oxygens (including phenoxy) is 2. The number of carbonyl (C=O) groups excluding carboxylic acids is 3. The number of rotatable bonds is 7. The molecule has 0 aliphatic carbocycles. The van der Waals surface area contributed by atoms with Gasteiger partial charge in [-0.05, 0) is 19.3 Å². The average molecular weight is 271 g/mol. The summed E-state index contributed by atoms with van der Waals surface area (Å²) in [6.45, 7) is 2.33. The normalized spacial score (nSPS) is 19.8. The van der Waals surface area contributed by atoms with Gasteiger partial charge in [0, 0.05) is 19.4 Å². The highest BCUT2D eigenvalue weighted by Crippen LogP contribution is 2.13. The number of methoxy groups -OCH3 is 1. The molecule has 0 unspecified atom stereocenters. The van der Waals surface area contributed by atoms with Crippen LogP contribution in [0.25, 0.3) is 0 Å². The molecule has 0 aromatic carbocycles. The molecule has 6 heteroatoms. The molecule has 1 aliphatic rings. The van der Waals surface area contributed by atoms with Crippen molar-refractivity contribution in [3.05, 3.63) is 0 Å². The number of hydrogen-bond donors (Lipinski definition) is 1. The molecule has 1 N–H and O–H groups in total. The summed E-state index contributed by atoms with van der Waals surface area (Å²) in [6, 6.07) is -0.780. The second-order valence-electron chi connectivity index (χ2n) is 4.52. The first-order chi connectivity index (χ1) is 9.08. The lowest BCUT2D eigenvalue weighted by molar-refractivity contribution is -0.146. The molecule has 0 radical (unpaired) electrons. The molecule has 0 spiro atoms. The van der Waals surface area contributed by atoms with Gasteiger partial charge in [0.25, 0.3) is 0 Å². The fourth-order valence-corrected chi connectivity index (χ4v) is 1.92. The lowest BCUT2D eigenvalue weighted by Gasteiger charge is -2.18. The number of nitrogens with one attached hydrogen (secondary N) is 1. The summed E-state index contributed by atoms with van der Waals surface area (Å²) in [7, 11) is 1.26. The Kier molecular flexibility index (Phi) is 6.49. The monoisotopic (exact) mass is 271 g/mol. The molecule has 1 aliphatic heterocycles. The Balaban J connectivity index is 2.50. The maximum Gasteiger partial charge on any atom is 0.328 e. The lowest BCUT2D eigenvalue weighted by Crippen LogP contribution is -2.46. The number of amides is 1. The van der Waals surface area contributed by atoms with E-state index < -0.39 is 18.1 Å². The van der Waals surface area contributed by atoms with Crippen molar-refractivity contribution >= 4 is 17.7 Å². The molecule has 0 aromatic rings. The first-order valence-corrected chi connectivity index (χ1v) is 6.60. The Labute approximate surface area is 112 Å². The van der Waals surface area contributed by atoms with Crippen molar-refractivity contribution in [3.8, 4) is 0 Å². The highest BCUT2D eigenvalue weighted by Gasteiger charge is 2.28. The zero-order valence-electron chi connectivity index (χ0n) is 11.4. The van der Waals surface area contributed by atoms with Crippen molar-refractivity contribution in [2.45, 2.75) is 51.2 Å². The third-order valence-corrected chi connectivity index (χ3v) is 3.13. The minimum atomic E-state index is -0.780. The summed E-state index contributed by atoms with van der Waals surface area (Å²) < 4.78 is 9.88. The van der Waals surface area contributed by atoms with Crippen molar-refractivity contribution in [1.29, 1.82) is 0 Å². The van der Waals surface area contributed by atoms with Gasteiger partial charge < -0.3 is 14.8 Å². The second-order valence-corrected chi connectivity index (χ2v) is 4.52. The number of esters is 1. The molecule has 0 aromatic heterocycles. The van der Waals surface area contributed by atoms with Gasteiger partial charge in [-0.3, -0.25) is 9.59 Å². The summed E-state index contributed by atoms with van der Waals surface area (Å²) in [5, 5.41) is 2.60. The lowest BCUT2D eigenvalue weighted by atomic mass is 10.1. The van der Waals surface area contributed by atoms with Crippen LogP contribution in [0.3, 0.4) is 0 Å². The van der Waals surface area contributed by atoms with Gasteiger partial charge in [-0.15, -0.1) is 0 Å². The Morgan fingerprint density at radius 2 is 2.16 bits per heavy atom. The molecule has 1 saturated heterocycles. The molecule has 6 nitrogen and oxygen atoms in total. The fourth-order valence-electron chi connectivity index (χ4n) is 1.92. The van der Waals surface area contributed by atoms with Gasteiger partial charge in [0.15, 0.2) is 0 Å². The van der Waals surface area contributed by atoms with Crippen LogP contribution in [0.1, 0.15) is 39.0 Å². The van der Waals surface area contributed by atoms with E-state index >= 15 is 0 Å². The van der Waals surface area contributed by atoms with Crippen molar-refractivity contribution in [2.75, 3.05) is 13.7 Å². The molecular weight excluding hydrogens is 250 g/mol. The molecule has 0 saturated carbocycles. The largest absolute Gasteiger partial charge is 0.467 e. The Bertz CT molecular complexity index is 336. The summed E-state index contributed by atoms with van der Waals surface area (Å²) in [5.74, 6) is -0.785. The minimum Gasteiger partial charge on any atom is -0.467 e. The summed E-state index contributed by atoms with van der Waals surface area (Å²) in [4.78, 5) is 34.7. The quantitative estimate of drug-likeness (QED) is 0.685. The maximum absolute atomic E-state index is 11.9. The highest BCUT2D eigenvalue weighted by atomic mass is 16.5. The summed E-state index contributed by atoms with van der Waals surface area (Å²) in [6.07, 6.45) is 1.95. The van der Waals surface area contributed by atoms with E-state index in [9.17, 15) is 14.4 Å². The molecule has 1 rings (SSSR count). The molecule has 1 fully saturated rings. The highest BCUT2D eigenvalue weighted by molar-refractivity contribution is 5.87. The second kappa shape index (κ2) is 7.89. The van der Waals surface area contributed by atoms with Gasteiger partial charge in [0.05, 0.1) is 7.11 Å². The van der Waals surface area contributed by atoms with Gasteiger partial charge in [-0.2, -0.15) is 0 Å². The number of Topliss-reactive ketones (excluding diaryl/α,β-unsaturated/α-hetero) is 1. The SMILES string of the molecule is CCC(=O)CC[C@@H](NC(=O)[C@@H]1CCCO1)C(=O)OC. The van der Waals surface area contributed by atoms with Gasteiger partial charge in [0.2, 0.25) is 5.91 Å². The molecule has 2 atom stereocenters. The van der Waals surface area contributed by atoms with Crippen molar-refractivity contribution in [1.82, 2.24) is 5.32 Å². The van der Waals surface area contributed by atoms with Gasteiger partial charge >= 0.3 is 5.97 Å². The topological polar surface area (TPSA) is 81.7 Å². The fraction of sp³-hybridized carbons (Fsp3) is 0.769. The van der Waals surface area contributed by atoms with Gasteiger partial charge in [0.1, 0.15) is 17.9 Å². The first kappa shape index (κ1) is 15.6. The Hall–Kier alpha value is -1.43. The zero-order chi connectivity index (χ0) is 14.3. The summed E-state index contributed by atoms with van der Waals surface area (Å²) >= 11 is 0. The van der Waals surface area contributed by atoms with Crippen LogP contribution >= 0.6 is 0 Å². The van der Waals surface area contributed by atoms with E-state index in [-0.39, 0.29) is 24.5 Å². The van der Waals surface area contributed by atoms with Gasteiger partial charge in [-0.1, -0.05) is 6.92 Å². The molecule has 0 bridgehead atoms. The van der Waals surface area contributed by atoms with E-state index in [0.717, 1.165) is 6.42 Å². The van der Waals surface area contributed by atoms with Crippen molar-refractivity contribution in [2.24, 2.45) is 0 Å². The molecule has 1 heterocycles.